The number of aliphatic hydroxyl groups excluding tert-OH is 1. The largest absolute Gasteiger partial charge is 0.439 e. The van der Waals surface area contributed by atoms with Gasteiger partial charge in [-0.15, -0.1) is 0 Å². The lowest BCUT2D eigenvalue weighted by Gasteiger charge is -2.28. The number of nitrogens with zero attached hydrogens (tertiary/aromatic N) is 2. The Labute approximate surface area is 123 Å². The van der Waals surface area contributed by atoms with E-state index in [0.717, 1.165) is 30.7 Å². The lowest BCUT2D eigenvalue weighted by molar-refractivity contribution is 0.0625. The monoisotopic (exact) mass is 292 g/mol. The average molecular weight is 293 g/mol. The van der Waals surface area contributed by atoms with Gasteiger partial charge in [0, 0.05) is 17.1 Å². The molecule has 1 N–H and O–H groups in total. The van der Waals surface area contributed by atoms with Crippen molar-refractivity contribution in [3.63, 3.8) is 0 Å². The van der Waals surface area contributed by atoms with Gasteiger partial charge in [-0.1, -0.05) is 23.7 Å². The van der Waals surface area contributed by atoms with Crippen molar-refractivity contribution in [2.24, 2.45) is 0 Å². The van der Waals surface area contributed by atoms with E-state index >= 15 is 0 Å². The quantitative estimate of drug-likeness (QED) is 0.945. The van der Waals surface area contributed by atoms with Gasteiger partial charge in [0.25, 0.3) is 0 Å². The van der Waals surface area contributed by atoms with Gasteiger partial charge in [-0.3, -0.25) is 4.90 Å². The summed E-state index contributed by atoms with van der Waals surface area (Å²) in [5.41, 5.74) is 0.926. The van der Waals surface area contributed by atoms with Crippen LogP contribution in [0.1, 0.15) is 18.7 Å². The molecule has 5 heteroatoms. The zero-order valence-corrected chi connectivity index (χ0v) is 11.9. The van der Waals surface area contributed by atoms with Gasteiger partial charge in [0.2, 0.25) is 5.89 Å². The second-order valence-corrected chi connectivity index (χ2v) is 5.60. The van der Waals surface area contributed by atoms with E-state index in [0.29, 0.717) is 24.0 Å². The number of likely N-dealkylation sites (tertiary alicyclic amines) is 1. The standard InChI is InChI=1S/C15H17ClN2O2/c16-12-4-1-3-11(7-12)14-8-17-15(20-14)10-18-6-2-5-13(19)9-18/h1,3-4,7-8,13,19H,2,5-6,9-10H2/t13-/m0/s1. The molecule has 106 valence electrons. The van der Waals surface area contributed by atoms with E-state index in [-0.39, 0.29) is 6.10 Å². The van der Waals surface area contributed by atoms with Crippen molar-refractivity contribution < 1.29 is 9.52 Å². The number of halogens is 1. The van der Waals surface area contributed by atoms with Crippen LogP contribution in [-0.4, -0.2) is 34.2 Å². The Kier molecular flexibility index (Phi) is 4.05. The molecule has 1 fully saturated rings. The molecule has 20 heavy (non-hydrogen) atoms. The summed E-state index contributed by atoms with van der Waals surface area (Å²) < 4.78 is 5.77. The van der Waals surface area contributed by atoms with Crippen molar-refractivity contribution in [1.82, 2.24) is 9.88 Å². The van der Waals surface area contributed by atoms with E-state index in [9.17, 15) is 5.11 Å². The molecule has 4 nitrogen and oxygen atoms in total. The van der Waals surface area contributed by atoms with Crippen LogP contribution in [0.25, 0.3) is 11.3 Å². The van der Waals surface area contributed by atoms with Crippen molar-refractivity contribution in [1.29, 1.82) is 0 Å². The van der Waals surface area contributed by atoms with Crippen LogP contribution in [0.4, 0.5) is 0 Å². The first-order chi connectivity index (χ1) is 9.70. The topological polar surface area (TPSA) is 49.5 Å². The molecular weight excluding hydrogens is 276 g/mol. The predicted molar refractivity (Wildman–Crippen MR) is 77.5 cm³/mol. The van der Waals surface area contributed by atoms with Crippen molar-refractivity contribution in [2.75, 3.05) is 13.1 Å². The van der Waals surface area contributed by atoms with Crippen molar-refractivity contribution >= 4 is 11.6 Å². The maximum Gasteiger partial charge on any atom is 0.209 e. The van der Waals surface area contributed by atoms with Gasteiger partial charge in [-0.2, -0.15) is 0 Å². The number of hydrogen-bond donors (Lipinski definition) is 1. The fourth-order valence-corrected chi connectivity index (χ4v) is 2.71. The van der Waals surface area contributed by atoms with Crippen LogP contribution in [0.3, 0.4) is 0 Å². The summed E-state index contributed by atoms with van der Waals surface area (Å²) in [6.07, 6.45) is 3.39. The van der Waals surface area contributed by atoms with Crippen molar-refractivity contribution in [3.8, 4) is 11.3 Å². The summed E-state index contributed by atoms with van der Waals surface area (Å²) in [6, 6.07) is 7.52. The number of oxazole rings is 1. The maximum atomic E-state index is 9.66. The van der Waals surface area contributed by atoms with E-state index in [2.05, 4.69) is 9.88 Å². The number of benzene rings is 1. The number of aliphatic hydroxyl groups is 1. The molecule has 0 saturated carbocycles. The first-order valence-electron chi connectivity index (χ1n) is 6.82. The number of piperidine rings is 1. The third-order valence-corrected chi connectivity index (χ3v) is 3.74. The highest BCUT2D eigenvalue weighted by Gasteiger charge is 2.19. The van der Waals surface area contributed by atoms with Crippen LogP contribution in [0, 0.1) is 0 Å². The van der Waals surface area contributed by atoms with Gasteiger partial charge in [-0.05, 0) is 31.5 Å². The van der Waals surface area contributed by atoms with Gasteiger partial charge in [0.15, 0.2) is 5.76 Å². The SMILES string of the molecule is O[C@H]1CCCN(Cc2ncc(-c3cccc(Cl)c3)o2)C1. The molecule has 0 radical (unpaired) electrons. The molecule has 2 aromatic rings. The fourth-order valence-electron chi connectivity index (χ4n) is 2.52. The molecule has 0 unspecified atom stereocenters. The van der Waals surface area contributed by atoms with Crippen LogP contribution in [-0.2, 0) is 6.54 Å². The average Bonchev–Trinajstić information content (AvgIpc) is 2.87. The smallest absolute Gasteiger partial charge is 0.209 e. The molecular formula is C15H17ClN2O2. The zero-order chi connectivity index (χ0) is 13.9. The minimum Gasteiger partial charge on any atom is -0.439 e. The number of rotatable bonds is 3. The highest BCUT2D eigenvalue weighted by Crippen LogP contribution is 2.24. The molecule has 0 aliphatic carbocycles. The summed E-state index contributed by atoms with van der Waals surface area (Å²) in [4.78, 5) is 6.48. The Balaban J connectivity index is 1.70. The molecule has 0 bridgehead atoms. The predicted octanol–water partition coefficient (Wildman–Crippen LogP) is 2.95. The number of β-amino-alcohol motifs (C(OH)–C–C–N with tert-alkyl or cyclic N) is 1. The minimum absolute atomic E-state index is 0.230. The van der Waals surface area contributed by atoms with Gasteiger partial charge in [0.05, 0.1) is 18.8 Å². The number of hydrogen-bond acceptors (Lipinski definition) is 4. The molecule has 3 rings (SSSR count). The van der Waals surface area contributed by atoms with Crippen LogP contribution in [0.5, 0.6) is 0 Å². The molecule has 1 aromatic carbocycles. The Morgan fingerprint density at radius 2 is 2.35 bits per heavy atom. The van der Waals surface area contributed by atoms with E-state index < -0.39 is 0 Å². The fraction of sp³-hybridized carbons (Fsp3) is 0.400. The highest BCUT2D eigenvalue weighted by molar-refractivity contribution is 6.30. The normalized spacial score (nSPS) is 20.2. The van der Waals surface area contributed by atoms with E-state index in [1.54, 1.807) is 6.20 Å². The summed E-state index contributed by atoms with van der Waals surface area (Å²) in [7, 11) is 0. The highest BCUT2D eigenvalue weighted by atomic mass is 35.5. The van der Waals surface area contributed by atoms with Crippen LogP contribution in [0.15, 0.2) is 34.9 Å². The third-order valence-electron chi connectivity index (χ3n) is 3.50. The van der Waals surface area contributed by atoms with E-state index in [1.165, 1.54) is 0 Å². The van der Waals surface area contributed by atoms with Gasteiger partial charge < -0.3 is 9.52 Å². The van der Waals surface area contributed by atoms with Gasteiger partial charge >= 0.3 is 0 Å². The van der Waals surface area contributed by atoms with Crippen LogP contribution >= 0.6 is 11.6 Å². The van der Waals surface area contributed by atoms with Crippen molar-refractivity contribution in [3.05, 3.63) is 41.4 Å². The van der Waals surface area contributed by atoms with Crippen LogP contribution < -0.4 is 0 Å². The summed E-state index contributed by atoms with van der Waals surface area (Å²) in [6.45, 7) is 2.30. The summed E-state index contributed by atoms with van der Waals surface area (Å²) in [5.74, 6) is 1.40. The van der Waals surface area contributed by atoms with E-state index in [1.807, 2.05) is 24.3 Å². The van der Waals surface area contributed by atoms with E-state index in [4.69, 9.17) is 16.0 Å². The molecule has 1 aliphatic rings. The lowest BCUT2D eigenvalue weighted by atomic mass is 10.1. The second-order valence-electron chi connectivity index (χ2n) is 5.16. The summed E-state index contributed by atoms with van der Waals surface area (Å²) in [5, 5.41) is 10.3. The molecule has 1 aromatic heterocycles. The molecule has 2 heterocycles. The Hall–Kier alpha value is -1.36. The zero-order valence-electron chi connectivity index (χ0n) is 11.1. The Bertz CT molecular complexity index is 585. The molecule has 0 spiro atoms. The van der Waals surface area contributed by atoms with Crippen molar-refractivity contribution in [2.45, 2.75) is 25.5 Å². The Morgan fingerprint density at radius 3 is 3.15 bits per heavy atom. The maximum absolute atomic E-state index is 9.66. The number of aromatic nitrogens is 1. The third kappa shape index (κ3) is 3.20. The minimum atomic E-state index is -0.230. The molecule has 1 aliphatic heterocycles. The molecule has 1 atom stereocenters. The van der Waals surface area contributed by atoms with Crippen LogP contribution in [0.2, 0.25) is 5.02 Å². The molecule has 1 saturated heterocycles. The summed E-state index contributed by atoms with van der Waals surface area (Å²) >= 11 is 5.98. The second kappa shape index (κ2) is 5.95. The molecule has 0 amide bonds. The van der Waals surface area contributed by atoms with Gasteiger partial charge in [-0.25, -0.2) is 4.98 Å². The first kappa shape index (κ1) is 13.6. The first-order valence-corrected chi connectivity index (χ1v) is 7.19. The Morgan fingerprint density at radius 1 is 1.45 bits per heavy atom. The van der Waals surface area contributed by atoms with Gasteiger partial charge in [0.1, 0.15) is 0 Å². The lowest BCUT2D eigenvalue weighted by Crippen LogP contribution is -2.37.